The fraction of sp³-hybridized carbons (Fsp3) is 0.625. The van der Waals surface area contributed by atoms with Crippen LogP contribution < -0.4 is 4.74 Å². The molecule has 30 heavy (non-hydrogen) atoms. The molecule has 1 saturated carbocycles. The van der Waals surface area contributed by atoms with Crippen molar-refractivity contribution in [3.05, 3.63) is 47.3 Å². The second kappa shape index (κ2) is 11.5. The molecule has 6 nitrogen and oxygen atoms in total. The first-order valence-corrected chi connectivity index (χ1v) is 11.2. The molecule has 1 aromatic carbocycles. The van der Waals surface area contributed by atoms with Gasteiger partial charge in [-0.15, -0.1) is 0 Å². The summed E-state index contributed by atoms with van der Waals surface area (Å²) in [4.78, 5) is 2.13. The van der Waals surface area contributed by atoms with E-state index in [0.717, 1.165) is 43.1 Å². The van der Waals surface area contributed by atoms with Crippen LogP contribution in [0, 0.1) is 13.8 Å². The number of likely N-dealkylation sites (N-methyl/N-ethyl adjacent to an activating group) is 1. The molecule has 1 N–H and O–H groups in total. The van der Waals surface area contributed by atoms with Gasteiger partial charge in [-0.2, -0.15) is 5.10 Å². The zero-order chi connectivity index (χ0) is 21.3. The minimum atomic E-state index is -0.450. The first kappa shape index (κ1) is 22.8. The van der Waals surface area contributed by atoms with Gasteiger partial charge in [0.2, 0.25) is 0 Å². The smallest absolute Gasteiger partial charge is 0.119 e. The first-order valence-electron chi connectivity index (χ1n) is 11.2. The summed E-state index contributed by atoms with van der Waals surface area (Å²) >= 11 is 0. The van der Waals surface area contributed by atoms with E-state index < -0.39 is 6.10 Å². The first-order chi connectivity index (χ1) is 14.5. The zero-order valence-corrected chi connectivity index (χ0v) is 18.7. The molecule has 1 atom stereocenters. The summed E-state index contributed by atoms with van der Waals surface area (Å²) in [5, 5.41) is 14.7. The van der Waals surface area contributed by atoms with Crippen molar-refractivity contribution in [2.24, 2.45) is 0 Å². The van der Waals surface area contributed by atoms with E-state index >= 15 is 0 Å². The Morgan fingerprint density at radius 2 is 1.90 bits per heavy atom. The minimum absolute atomic E-state index is 0.340. The van der Waals surface area contributed by atoms with Crippen molar-refractivity contribution in [2.75, 3.05) is 26.8 Å². The largest absolute Gasteiger partial charge is 0.492 e. The molecule has 166 valence electrons. The Labute approximate surface area is 180 Å². The van der Waals surface area contributed by atoms with Crippen molar-refractivity contribution in [1.29, 1.82) is 0 Å². The Morgan fingerprint density at radius 1 is 1.17 bits per heavy atom. The third kappa shape index (κ3) is 7.42. The molecule has 0 bridgehead atoms. The van der Waals surface area contributed by atoms with Crippen molar-refractivity contribution in [1.82, 2.24) is 14.7 Å². The van der Waals surface area contributed by atoms with Gasteiger partial charge in [-0.1, -0.05) is 31.4 Å². The fourth-order valence-corrected chi connectivity index (χ4v) is 4.11. The van der Waals surface area contributed by atoms with Gasteiger partial charge in [0.1, 0.15) is 12.4 Å². The monoisotopic (exact) mass is 415 g/mol. The lowest BCUT2D eigenvalue weighted by molar-refractivity contribution is -0.0319. The summed E-state index contributed by atoms with van der Waals surface area (Å²) < 4.78 is 13.7. The molecule has 0 spiro atoms. The van der Waals surface area contributed by atoms with Crippen LogP contribution in [0.4, 0.5) is 0 Å². The highest BCUT2D eigenvalue weighted by Crippen LogP contribution is 2.20. The van der Waals surface area contributed by atoms with Gasteiger partial charge in [0.15, 0.2) is 0 Å². The highest BCUT2D eigenvalue weighted by Gasteiger charge is 2.16. The molecule has 1 fully saturated rings. The van der Waals surface area contributed by atoms with Gasteiger partial charge >= 0.3 is 0 Å². The lowest BCUT2D eigenvalue weighted by Gasteiger charge is -2.25. The van der Waals surface area contributed by atoms with E-state index in [9.17, 15) is 5.11 Å². The zero-order valence-electron chi connectivity index (χ0n) is 18.7. The molecule has 6 heteroatoms. The van der Waals surface area contributed by atoms with E-state index in [1.54, 1.807) is 0 Å². The summed E-state index contributed by atoms with van der Waals surface area (Å²) in [7, 11) is 2.03. The molecular formula is C24H37N3O3. The molecule has 2 aromatic rings. The molecule has 1 heterocycles. The second-order valence-corrected chi connectivity index (χ2v) is 8.59. The van der Waals surface area contributed by atoms with Gasteiger partial charge in [-0.05, 0) is 57.5 Å². The molecular weight excluding hydrogens is 378 g/mol. The van der Waals surface area contributed by atoms with Crippen molar-refractivity contribution >= 4 is 0 Å². The maximum Gasteiger partial charge on any atom is 0.119 e. The number of aromatic nitrogens is 2. The van der Waals surface area contributed by atoms with E-state index in [1.165, 1.54) is 24.8 Å². The molecule has 1 aromatic heterocycles. The Morgan fingerprint density at radius 3 is 2.57 bits per heavy atom. The lowest BCUT2D eigenvalue weighted by atomic mass is 9.98. The normalized spacial score (nSPS) is 16.2. The van der Waals surface area contributed by atoms with Crippen LogP contribution >= 0.6 is 0 Å². The predicted molar refractivity (Wildman–Crippen MR) is 119 cm³/mol. The molecule has 0 aliphatic heterocycles. The standard InChI is InChI=1S/C24H37N3O3/c1-19-15-20(2)27(25-19)13-14-29-24-11-9-21(10-12-24)16-26(3)17-22(28)18-30-23-7-5-4-6-8-23/h9-12,15,22-23,28H,4-8,13-14,16-18H2,1-3H3/t22-/m0/s1. The molecule has 1 aliphatic carbocycles. The number of hydrogen-bond donors (Lipinski definition) is 1. The summed E-state index contributed by atoms with van der Waals surface area (Å²) in [6.45, 7) is 7.21. The van der Waals surface area contributed by atoms with Crippen LogP contribution in [0.15, 0.2) is 30.3 Å². The molecule has 0 unspecified atom stereocenters. The van der Waals surface area contributed by atoms with Crippen molar-refractivity contribution in [3.63, 3.8) is 0 Å². The summed E-state index contributed by atoms with van der Waals surface area (Å²) in [6.07, 6.45) is 5.99. The number of aliphatic hydroxyl groups is 1. The van der Waals surface area contributed by atoms with Crippen LogP contribution in [-0.2, 0) is 17.8 Å². The number of hydrogen-bond acceptors (Lipinski definition) is 5. The molecule has 0 saturated heterocycles. The van der Waals surface area contributed by atoms with E-state index in [2.05, 4.69) is 35.1 Å². The lowest BCUT2D eigenvalue weighted by Crippen LogP contribution is -2.33. The quantitative estimate of drug-likeness (QED) is 0.606. The third-order valence-corrected chi connectivity index (χ3v) is 5.65. The minimum Gasteiger partial charge on any atom is -0.492 e. The molecule has 3 rings (SSSR count). The highest BCUT2D eigenvalue weighted by atomic mass is 16.5. The average Bonchev–Trinajstić information content (AvgIpc) is 3.05. The SMILES string of the molecule is Cc1cc(C)n(CCOc2ccc(CN(C)C[C@H](O)COC3CCCCC3)cc2)n1. The van der Waals surface area contributed by atoms with Gasteiger partial charge in [0.05, 0.1) is 31.1 Å². The molecule has 1 aliphatic rings. The van der Waals surface area contributed by atoms with E-state index in [0.29, 0.717) is 25.9 Å². The maximum atomic E-state index is 10.3. The predicted octanol–water partition coefficient (Wildman–Crippen LogP) is 3.72. The van der Waals surface area contributed by atoms with Gasteiger partial charge in [0.25, 0.3) is 0 Å². The van der Waals surface area contributed by atoms with E-state index in [-0.39, 0.29) is 0 Å². The Kier molecular flexibility index (Phi) is 8.73. The van der Waals surface area contributed by atoms with Crippen LogP contribution in [0.1, 0.15) is 49.1 Å². The van der Waals surface area contributed by atoms with Gasteiger partial charge in [0, 0.05) is 18.8 Å². The van der Waals surface area contributed by atoms with Crippen LogP contribution in [-0.4, -0.2) is 58.8 Å². The van der Waals surface area contributed by atoms with E-state index in [4.69, 9.17) is 9.47 Å². The molecule has 0 radical (unpaired) electrons. The van der Waals surface area contributed by atoms with Crippen LogP contribution in [0.25, 0.3) is 0 Å². The highest BCUT2D eigenvalue weighted by molar-refractivity contribution is 5.27. The van der Waals surface area contributed by atoms with Crippen molar-refractivity contribution < 1.29 is 14.6 Å². The van der Waals surface area contributed by atoms with E-state index in [1.807, 2.05) is 30.8 Å². The number of rotatable bonds is 11. The Hall–Kier alpha value is -1.89. The van der Waals surface area contributed by atoms with Gasteiger partial charge in [-0.3, -0.25) is 9.58 Å². The Bertz CT molecular complexity index is 754. The summed E-state index contributed by atoms with van der Waals surface area (Å²) in [6, 6.07) is 10.3. The number of aliphatic hydroxyl groups excluding tert-OH is 1. The van der Waals surface area contributed by atoms with Gasteiger partial charge in [-0.25, -0.2) is 0 Å². The topological polar surface area (TPSA) is 59.8 Å². The second-order valence-electron chi connectivity index (χ2n) is 8.59. The number of benzene rings is 1. The average molecular weight is 416 g/mol. The Balaban J connectivity index is 1.35. The van der Waals surface area contributed by atoms with Crippen LogP contribution in [0.2, 0.25) is 0 Å². The van der Waals surface area contributed by atoms with Crippen molar-refractivity contribution in [3.8, 4) is 5.75 Å². The number of nitrogens with zero attached hydrogens (tertiary/aromatic N) is 3. The number of aryl methyl sites for hydroxylation is 2. The third-order valence-electron chi connectivity index (χ3n) is 5.65. The van der Waals surface area contributed by atoms with Crippen molar-refractivity contribution in [2.45, 2.75) is 71.2 Å². The maximum absolute atomic E-state index is 10.3. The van der Waals surface area contributed by atoms with Crippen LogP contribution in [0.5, 0.6) is 5.75 Å². The van der Waals surface area contributed by atoms with Gasteiger partial charge < -0.3 is 14.6 Å². The number of ether oxygens (including phenoxy) is 2. The summed E-state index contributed by atoms with van der Waals surface area (Å²) in [5.41, 5.74) is 3.39. The summed E-state index contributed by atoms with van der Waals surface area (Å²) in [5.74, 6) is 0.865. The molecule has 0 amide bonds. The fourth-order valence-electron chi connectivity index (χ4n) is 4.11. The van der Waals surface area contributed by atoms with Crippen LogP contribution in [0.3, 0.4) is 0 Å².